The quantitative estimate of drug-likeness (QED) is 0.816. The Morgan fingerprint density at radius 2 is 1.33 bits per heavy atom. The summed E-state index contributed by atoms with van der Waals surface area (Å²) in [5.74, 6) is 0.787. The van der Waals surface area contributed by atoms with Gasteiger partial charge >= 0.3 is 0 Å². The number of hydrogen-bond acceptors (Lipinski definition) is 2. The van der Waals surface area contributed by atoms with Crippen molar-refractivity contribution < 1.29 is 5.11 Å². The second-order valence-electron chi connectivity index (χ2n) is 5.62. The standard InChI is InChI=1S/C19H25NO/c1-15(16(2)20-13-14-21)19(17-9-5-3-6-10-17)18-11-7-4-8-12-18/h3-12,15-16,19-21H,13-14H2,1-2H3/t15-,16+/m1/s1. The Balaban J connectivity index is 2.28. The van der Waals surface area contributed by atoms with Gasteiger partial charge in [-0.3, -0.25) is 0 Å². The first-order chi connectivity index (χ1) is 10.2. The number of rotatable bonds is 7. The molecule has 2 rings (SSSR count). The second-order valence-corrected chi connectivity index (χ2v) is 5.62. The molecule has 0 bridgehead atoms. The highest BCUT2D eigenvalue weighted by Gasteiger charge is 2.25. The molecule has 0 saturated heterocycles. The van der Waals surface area contributed by atoms with Gasteiger partial charge in [-0.25, -0.2) is 0 Å². The zero-order valence-electron chi connectivity index (χ0n) is 12.9. The van der Waals surface area contributed by atoms with Crippen LogP contribution in [0.4, 0.5) is 0 Å². The molecule has 21 heavy (non-hydrogen) atoms. The molecule has 0 heterocycles. The lowest BCUT2D eigenvalue weighted by Gasteiger charge is -2.30. The van der Waals surface area contributed by atoms with Crippen molar-refractivity contribution in [1.82, 2.24) is 5.32 Å². The zero-order chi connectivity index (χ0) is 15.1. The van der Waals surface area contributed by atoms with Crippen molar-refractivity contribution in [1.29, 1.82) is 0 Å². The number of aliphatic hydroxyl groups is 1. The summed E-state index contributed by atoms with van der Waals surface area (Å²) in [6.45, 7) is 5.29. The second kappa shape index (κ2) is 7.96. The molecule has 0 aliphatic heterocycles. The summed E-state index contributed by atoms with van der Waals surface area (Å²) in [6, 6.07) is 21.7. The van der Waals surface area contributed by atoms with Gasteiger partial charge in [-0.1, -0.05) is 67.6 Å². The van der Waals surface area contributed by atoms with Crippen LogP contribution in [0.15, 0.2) is 60.7 Å². The van der Waals surface area contributed by atoms with Gasteiger partial charge in [0.2, 0.25) is 0 Å². The average molecular weight is 283 g/mol. The van der Waals surface area contributed by atoms with E-state index in [9.17, 15) is 0 Å². The topological polar surface area (TPSA) is 32.3 Å². The summed E-state index contributed by atoms with van der Waals surface area (Å²) >= 11 is 0. The number of nitrogens with one attached hydrogen (secondary N) is 1. The van der Waals surface area contributed by atoms with Crippen molar-refractivity contribution in [2.45, 2.75) is 25.8 Å². The lowest BCUT2D eigenvalue weighted by Crippen LogP contribution is -2.37. The van der Waals surface area contributed by atoms with Gasteiger partial charge in [0.1, 0.15) is 0 Å². The smallest absolute Gasteiger partial charge is 0.0556 e. The van der Waals surface area contributed by atoms with Crippen LogP contribution in [0.25, 0.3) is 0 Å². The lowest BCUT2D eigenvalue weighted by atomic mass is 9.78. The Morgan fingerprint density at radius 3 is 1.76 bits per heavy atom. The molecule has 0 saturated carbocycles. The molecule has 0 amide bonds. The molecule has 2 aromatic carbocycles. The van der Waals surface area contributed by atoms with Crippen molar-refractivity contribution in [3.8, 4) is 0 Å². The molecule has 2 nitrogen and oxygen atoms in total. The molecule has 0 aromatic heterocycles. The minimum atomic E-state index is 0.179. The van der Waals surface area contributed by atoms with Gasteiger partial charge in [-0.2, -0.15) is 0 Å². The van der Waals surface area contributed by atoms with E-state index in [4.69, 9.17) is 5.11 Å². The van der Waals surface area contributed by atoms with E-state index in [0.717, 1.165) is 0 Å². The van der Waals surface area contributed by atoms with Crippen LogP contribution in [0.5, 0.6) is 0 Å². The summed E-state index contributed by atoms with van der Waals surface area (Å²) in [7, 11) is 0. The Labute approximate surface area is 127 Å². The number of aliphatic hydroxyl groups excluding tert-OH is 1. The van der Waals surface area contributed by atoms with Gasteiger partial charge in [0, 0.05) is 18.5 Å². The maximum atomic E-state index is 9.01. The van der Waals surface area contributed by atoms with Crippen molar-refractivity contribution in [3.05, 3.63) is 71.8 Å². The largest absolute Gasteiger partial charge is 0.395 e. The molecule has 2 atom stereocenters. The van der Waals surface area contributed by atoms with Crippen LogP contribution < -0.4 is 5.32 Å². The Kier molecular flexibility index (Phi) is 5.97. The van der Waals surface area contributed by atoms with Gasteiger partial charge in [0.15, 0.2) is 0 Å². The molecule has 2 aromatic rings. The molecule has 2 heteroatoms. The van der Waals surface area contributed by atoms with E-state index < -0.39 is 0 Å². The average Bonchev–Trinajstić information content (AvgIpc) is 2.54. The molecular weight excluding hydrogens is 258 g/mol. The summed E-state index contributed by atoms with van der Waals surface area (Å²) < 4.78 is 0. The number of benzene rings is 2. The monoisotopic (exact) mass is 283 g/mol. The third-order valence-electron chi connectivity index (χ3n) is 4.21. The van der Waals surface area contributed by atoms with E-state index >= 15 is 0 Å². The Hall–Kier alpha value is -1.64. The van der Waals surface area contributed by atoms with Crippen LogP contribution in [-0.4, -0.2) is 24.3 Å². The summed E-state index contributed by atoms with van der Waals surface area (Å²) in [4.78, 5) is 0. The maximum Gasteiger partial charge on any atom is 0.0556 e. The molecular formula is C19H25NO. The minimum Gasteiger partial charge on any atom is -0.395 e. The summed E-state index contributed by atoms with van der Waals surface area (Å²) in [5.41, 5.74) is 2.68. The normalized spacial score (nSPS) is 14.1. The van der Waals surface area contributed by atoms with Crippen molar-refractivity contribution in [2.24, 2.45) is 5.92 Å². The fraction of sp³-hybridized carbons (Fsp3) is 0.368. The molecule has 0 fully saturated rings. The first kappa shape index (κ1) is 15.7. The van der Waals surface area contributed by atoms with Crippen molar-refractivity contribution >= 4 is 0 Å². The number of hydrogen-bond donors (Lipinski definition) is 2. The highest BCUT2D eigenvalue weighted by atomic mass is 16.3. The fourth-order valence-corrected chi connectivity index (χ4v) is 2.89. The molecule has 0 unspecified atom stereocenters. The third kappa shape index (κ3) is 4.16. The fourth-order valence-electron chi connectivity index (χ4n) is 2.89. The SMILES string of the molecule is C[C@H](NCCO)[C@@H](C)C(c1ccccc1)c1ccccc1. The minimum absolute atomic E-state index is 0.179. The van der Waals surface area contributed by atoms with E-state index in [-0.39, 0.29) is 6.61 Å². The third-order valence-corrected chi connectivity index (χ3v) is 4.21. The summed E-state index contributed by atoms with van der Waals surface area (Å²) in [6.07, 6.45) is 0. The highest BCUT2D eigenvalue weighted by Crippen LogP contribution is 2.33. The predicted molar refractivity (Wildman–Crippen MR) is 88.4 cm³/mol. The Morgan fingerprint density at radius 1 is 0.857 bits per heavy atom. The first-order valence-corrected chi connectivity index (χ1v) is 7.68. The van der Waals surface area contributed by atoms with Gasteiger partial charge in [-0.15, -0.1) is 0 Å². The maximum absolute atomic E-state index is 9.01. The van der Waals surface area contributed by atoms with E-state index in [1.807, 2.05) is 0 Å². The van der Waals surface area contributed by atoms with E-state index in [1.165, 1.54) is 11.1 Å². The predicted octanol–water partition coefficient (Wildman–Crippen LogP) is 3.43. The highest BCUT2D eigenvalue weighted by molar-refractivity contribution is 5.33. The van der Waals surface area contributed by atoms with Gasteiger partial charge in [0.25, 0.3) is 0 Å². The molecule has 112 valence electrons. The van der Waals surface area contributed by atoms with Crippen LogP contribution in [0.3, 0.4) is 0 Å². The van der Waals surface area contributed by atoms with Gasteiger partial charge in [0.05, 0.1) is 6.61 Å². The van der Waals surface area contributed by atoms with Crippen molar-refractivity contribution in [2.75, 3.05) is 13.2 Å². The summed E-state index contributed by atoms with van der Waals surface area (Å²) in [5, 5.41) is 12.4. The molecule has 0 aliphatic carbocycles. The van der Waals surface area contributed by atoms with Crippen LogP contribution in [0.2, 0.25) is 0 Å². The van der Waals surface area contributed by atoms with Crippen molar-refractivity contribution in [3.63, 3.8) is 0 Å². The van der Waals surface area contributed by atoms with E-state index in [0.29, 0.717) is 24.4 Å². The molecule has 0 spiro atoms. The van der Waals surface area contributed by atoms with E-state index in [2.05, 4.69) is 79.8 Å². The van der Waals surface area contributed by atoms with Gasteiger partial charge < -0.3 is 10.4 Å². The molecule has 2 N–H and O–H groups in total. The Bertz CT molecular complexity index is 472. The van der Waals surface area contributed by atoms with E-state index in [1.54, 1.807) is 0 Å². The lowest BCUT2D eigenvalue weighted by molar-refractivity contribution is 0.270. The zero-order valence-corrected chi connectivity index (χ0v) is 12.9. The van der Waals surface area contributed by atoms with Crippen LogP contribution in [0, 0.1) is 5.92 Å². The molecule has 0 radical (unpaired) electrons. The van der Waals surface area contributed by atoms with Crippen LogP contribution in [-0.2, 0) is 0 Å². The van der Waals surface area contributed by atoms with Gasteiger partial charge in [-0.05, 0) is 24.0 Å². The van der Waals surface area contributed by atoms with Crippen LogP contribution >= 0.6 is 0 Å². The first-order valence-electron chi connectivity index (χ1n) is 7.68. The molecule has 0 aliphatic rings. The van der Waals surface area contributed by atoms with Crippen LogP contribution in [0.1, 0.15) is 30.9 Å².